The van der Waals surface area contributed by atoms with Crippen molar-refractivity contribution in [3.63, 3.8) is 0 Å². The highest BCUT2D eigenvalue weighted by Crippen LogP contribution is 2.10. The molecule has 0 spiro atoms. The zero-order valence-electron chi connectivity index (χ0n) is 75.8. The van der Waals surface area contributed by atoms with Crippen LogP contribution in [-0.2, 0) is 4.79 Å². The minimum absolute atomic E-state index is 0. The summed E-state index contributed by atoms with van der Waals surface area (Å²) in [6, 6.07) is 36.9. The molecule has 11 unspecified atom stereocenters. The zero-order chi connectivity index (χ0) is 81.7. The largest absolute Gasteiger partial charge is 0.307 e. The lowest BCUT2D eigenvalue weighted by atomic mass is 10.3. The van der Waals surface area contributed by atoms with Gasteiger partial charge in [0, 0.05) is 121 Å². The van der Waals surface area contributed by atoms with Gasteiger partial charge in [-0.15, -0.1) is 130 Å². The maximum Gasteiger partial charge on any atom is 0.101 e. The Kier molecular flexibility index (Phi) is 267. The van der Waals surface area contributed by atoms with Crippen LogP contribution >= 0.6 is 0 Å². The molecule has 0 aromatic rings. The maximum absolute atomic E-state index is 10.6. The number of hydrogen-bond acceptors (Lipinski definition) is 1. The summed E-state index contributed by atoms with van der Waals surface area (Å²) in [7, 11) is -2.53. The molecule has 1 nitrogen and oxygen atoms in total. The lowest BCUT2D eigenvalue weighted by Crippen LogP contribution is -2.08. The molecule has 0 aromatic heterocycles. The number of hydrogen-bond donors (Lipinski definition) is 0. The fourth-order valence-electron chi connectivity index (χ4n) is 9.41. The van der Waals surface area contributed by atoms with Gasteiger partial charge in [0.05, 0.1) is 70.4 Å². The van der Waals surface area contributed by atoms with E-state index in [-0.39, 0.29) is 168 Å². The van der Waals surface area contributed by atoms with Gasteiger partial charge in [-0.2, -0.15) is 0 Å². The van der Waals surface area contributed by atoms with E-state index < -0.39 is 70.4 Å². The Labute approximate surface area is 801 Å². The third-order valence-corrected chi connectivity index (χ3v) is 63.8. The molecule has 0 fully saturated rings. The number of rotatable bonds is 54. The topological polar surface area (TPSA) is 17.1 Å². The van der Waals surface area contributed by atoms with Gasteiger partial charge in [0.2, 0.25) is 0 Å². The van der Waals surface area contributed by atoms with Crippen molar-refractivity contribution in [3.8, 4) is 0 Å². The number of allylic oxidation sites excluding steroid dienone is 5. The minimum atomic E-state index is -0.594. The van der Waals surface area contributed by atoms with Crippen molar-refractivity contribution in [2.45, 2.75) is 439 Å². The second kappa shape index (κ2) is 167. The molecule has 0 aromatic carbocycles. The average Bonchev–Trinajstić information content (AvgIpc) is 1.07. The van der Waals surface area contributed by atoms with E-state index in [2.05, 4.69) is 300 Å². The molecule has 0 heterocycles. The van der Waals surface area contributed by atoms with Gasteiger partial charge in [-0.3, -0.25) is 0 Å². The van der Waals surface area contributed by atoms with Gasteiger partial charge < -0.3 is 4.79 Å². The van der Waals surface area contributed by atoms with Crippen molar-refractivity contribution >= 4 is 206 Å². The third-order valence-electron chi connectivity index (χ3n) is 18.4. The van der Waals surface area contributed by atoms with Crippen LogP contribution in [0.2, 0.25) is 282 Å². The van der Waals surface area contributed by atoms with Crippen LogP contribution in [0.15, 0.2) is 159 Å². The van der Waals surface area contributed by atoms with Crippen molar-refractivity contribution < 1.29 is 4.79 Å². The lowest BCUT2D eigenvalue weighted by molar-refractivity contribution is -0.110. The summed E-state index contributed by atoms with van der Waals surface area (Å²) < 4.78 is 0. The molecule has 0 bridgehead atoms. The average molecular weight is 2020 g/mol. The van der Waals surface area contributed by atoms with Gasteiger partial charge in [0.1, 0.15) is 14.9 Å². The standard InChI is InChI=1S/C10H22Si2.C8H18Si2.3C8H20Si2.C7H16OSi2.C7H18Si2.4C6H16Si2.14CH4/c1-5-10(3)9-11-7-8-12(4)6-2;1-5-10(4)7-6-9-8(2)3;3*1-4-7-10(3)8-5-6-9-2;1-4-10(3)6-5-9-7(2)8;1-5-9(4)7-6-8(2)3;4*1-4-8(3)6-5-7-2;;;;;;;;;;;;;;/h6,9,12H,2,5,7-8,11H2,1,3-4H3;5,10H,1-2,6-7,9H2,3-4H3;3*4,10H,1,5-9H2,2-3H3;4,10H,1,5-6,9H2,2-3H3;5,8-9H,1,6-7H2,2-4H3;4*4,8H,1,5-7H2,2-3H3;14*1H4. The molecule has 724 valence electrons. The van der Waals surface area contributed by atoms with E-state index >= 15 is 0 Å². The minimum Gasteiger partial charge on any atom is -0.307 e. The van der Waals surface area contributed by atoms with Crippen LogP contribution in [-0.4, -0.2) is 206 Å². The summed E-state index contributed by atoms with van der Waals surface area (Å²) >= 11 is 0. The van der Waals surface area contributed by atoms with E-state index in [1.807, 2.05) is 0 Å². The van der Waals surface area contributed by atoms with Gasteiger partial charge in [0.25, 0.3) is 0 Å². The van der Waals surface area contributed by atoms with E-state index in [4.69, 9.17) is 0 Å². The third kappa shape index (κ3) is 225. The first-order chi connectivity index (χ1) is 48.9. The zero-order valence-corrected chi connectivity index (χ0v) is 104. The Hall–Kier alpha value is 1.06. The fourth-order valence-corrected chi connectivity index (χ4v) is 54.8. The van der Waals surface area contributed by atoms with Crippen molar-refractivity contribution in [2.24, 2.45) is 0 Å². The van der Waals surface area contributed by atoms with E-state index in [1.54, 1.807) is 72.9 Å². The number of carbonyl (C=O) groups is 1. The highest BCUT2D eigenvalue weighted by molar-refractivity contribution is 6.75. The molecule has 0 saturated carbocycles. The highest BCUT2D eigenvalue weighted by atomic mass is 28.3. The normalized spacial score (nSPS) is 12.7. The van der Waals surface area contributed by atoms with Crippen LogP contribution in [0.3, 0.4) is 0 Å². The monoisotopic (exact) mass is 2020 g/mol. The molecule has 0 aliphatic carbocycles. The number of carbonyl (C=O) groups excluding carboxylic acids is 1. The Bertz CT molecular complexity index is 1690. The molecule has 0 saturated heterocycles. The van der Waals surface area contributed by atoms with E-state index in [1.165, 1.54) is 122 Å². The summed E-state index contributed by atoms with van der Waals surface area (Å²) in [5.41, 5.74) is 21.5. The van der Waals surface area contributed by atoms with Crippen LogP contribution in [0.4, 0.5) is 0 Å². The van der Waals surface area contributed by atoms with E-state index in [0.717, 1.165) is 0 Å². The van der Waals surface area contributed by atoms with Crippen LogP contribution in [0, 0.1) is 0 Å². The Morgan fingerprint density at radius 2 is 0.487 bits per heavy atom. The van der Waals surface area contributed by atoms with Gasteiger partial charge in [-0.05, 0) is 45.3 Å². The maximum atomic E-state index is 10.6. The van der Waals surface area contributed by atoms with Crippen molar-refractivity contribution in [1.29, 1.82) is 0 Å². The van der Waals surface area contributed by atoms with Crippen molar-refractivity contribution in [1.82, 2.24) is 0 Å². The Balaban J connectivity index is -0.0000000343. The summed E-state index contributed by atoms with van der Waals surface area (Å²) in [6.45, 7) is 102. The highest BCUT2D eigenvalue weighted by Gasteiger charge is 2.05. The van der Waals surface area contributed by atoms with Gasteiger partial charge in [-0.1, -0.05) is 423 Å². The molecular weight excluding hydrogens is 1760 g/mol. The molecule has 117 heavy (non-hydrogen) atoms. The summed E-state index contributed by atoms with van der Waals surface area (Å²) in [5, 5.41) is 1.90. The molecule has 11 atom stereocenters. The second-order valence-electron chi connectivity index (χ2n) is 31.4. The Morgan fingerprint density at radius 1 is 0.282 bits per heavy atom. The summed E-state index contributed by atoms with van der Waals surface area (Å²) in [5.74, 6) is 0. The molecule has 0 radical (unpaired) electrons. The van der Waals surface area contributed by atoms with Crippen LogP contribution in [0.25, 0.3) is 0 Å². The van der Waals surface area contributed by atoms with Crippen LogP contribution in [0.1, 0.15) is 157 Å². The predicted molar refractivity (Wildman–Crippen MR) is 678 cm³/mol. The van der Waals surface area contributed by atoms with Crippen molar-refractivity contribution in [2.75, 3.05) is 0 Å². The molecule has 0 aliphatic rings. The predicted octanol–water partition coefficient (Wildman–Crippen LogP) is 26.8. The summed E-state index contributed by atoms with van der Waals surface area (Å²) in [4.78, 5) is 10.6. The molecular formula is C94H254OSi22. The quantitative estimate of drug-likeness (QED) is 0.0337. The molecule has 0 aliphatic heterocycles. The smallest absolute Gasteiger partial charge is 0.101 e. The first-order valence-electron chi connectivity index (χ1n) is 43.5. The van der Waals surface area contributed by atoms with E-state index in [0.29, 0.717) is 72.0 Å². The Morgan fingerprint density at radius 3 is 0.667 bits per heavy atom. The first-order valence-corrected chi connectivity index (χ1v) is 98.2. The molecule has 0 rings (SSSR count). The molecule has 23 heteroatoms. The fraction of sp³-hybridized carbons (Fsp3) is 0.713. The second-order valence-corrected chi connectivity index (χ2v) is 86.8. The molecule has 0 amide bonds. The van der Waals surface area contributed by atoms with Crippen molar-refractivity contribution in [3.05, 3.63) is 159 Å². The van der Waals surface area contributed by atoms with Crippen LogP contribution < -0.4 is 0 Å². The van der Waals surface area contributed by atoms with Gasteiger partial charge in [0.15, 0.2) is 0 Å². The van der Waals surface area contributed by atoms with Gasteiger partial charge in [-0.25, -0.2) is 0 Å². The summed E-state index contributed by atoms with van der Waals surface area (Å²) in [6.07, 6.45) is 12.1. The van der Waals surface area contributed by atoms with Gasteiger partial charge >= 0.3 is 0 Å². The lowest BCUT2D eigenvalue weighted by Gasteiger charge is -2.04. The van der Waals surface area contributed by atoms with E-state index in [9.17, 15) is 4.79 Å². The SMILES string of the molecule is C.C.C.C.C.C.C.C.C.C.C.C.C.C.C=CC[SiH](C)CCC[SiH2]C.C=CC[SiH](C)CCC[SiH2]C.C=CC[SiH](C)CCC[SiH2]C.C=C[SiH](C)CC[SiH2]C.C=C[SiH](C)CC[SiH2]C.C=C[SiH](C)CC[SiH2]C.C=C[SiH](C)CC[SiH2]C.C=C[SiH](C)CC[SiH2]C(=C)C.C=C[SiH](C)CC[SiH2]C(C)=O.C=C[SiH](C)CC[SiH2]C=C(C)CC.C=C[SiH](C)CC[SiH](C)C. The van der Waals surface area contributed by atoms with Crippen LogP contribution in [0.5, 0.6) is 0 Å². The first kappa shape index (κ1) is 187. The molecule has 0 N–H and O–H groups in total.